The van der Waals surface area contributed by atoms with E-state index in [1.165, 1.54) is 17.8 Å². The smallest absolute Gasteiger partial charge is 0.269 e. The lowest BCUT2D eigenvalue weighted by atomic mass is 9.99. The van der Waals surface area contributed by atoms with Crippen molar-refractivity contribution in [3.05, 3.63) is 17.5 Å². The Hall–Kier alpha value is -1.27. The predicted octanol–water partition coefficient (Wildman–Crippen LogP) is 1.66. The van der Waals surface area contributed by atoms with Crippen molar-refractivity contribution in [1.29, 1.82) is 0 Å². The van der Waals surface area contributed by atoms with E-state index >= 15 is 0 Å². The average molecular weight is 236 g/mol. The van der Waals surface area contributed by atoms with Crippen molar-refractivity contribution in [1.82, 2.24) is 20.4 Å². The molecule has 0 amide bonds. The van der Waals surface area contributed by atoms with Gasteiger partial charge in [-0.1, -0.05) is 5.16 Å². The molecular weight excluding hydrogens is 224 g/mol. The summed E-state index contributed by atoms with van der Waals surface area (Å²) < 4.78 is 5.24. The van der Waals surface area contributed by atoms with Crippen LogP contribution < -0.4 is 5.32 Å². The summed E-state index contributed by atoms with van der Waals surface area (Å²) >= 11 is 1.51. The molecule has 16 heavy (non-hydrogen) atoms. The molecule has 0 radical (unpaired) electrons. The zero-order chi connectivity index (χ0) is 10.8. The van der Waals surface area contributed by atoms with E-state index in [0.29, 0.717) is 11.8 Å². The number of thiazole rings is 1. The summed E-state index contributed by atoms with van der Waals surface area (Å²) in [5.74, 6) is 1.79. The van der Waals surface area contributed by atoms with Gasteiger partial charge in [-0.25, -0.2) is 0 Å². The van der Waals surface area contributed by atoms with Gasteiger partial charge in [0.2, 0.25) is 0 Å². The lowest BCUT2D eigenvalue weighted by Crippen LogP contribution is -2.28. The Labute approximate surface area is 96.9 Å². The molecule has 1 saturated heterocycles. The molecule has 1 aliphatic rings. The van der Waals surface area contributed by atoms with Gasteiger partial charge in [0, 0.05) is 12.5 Å². The number of piperidine rings is 1. The van der Waals surface area contributed by atoms with E-state index in [0.717, 1.165) is 30.2 Å². The van der Waals surface area contributed by atoms with E-state index in [4.69, 9.17) is 4.52 Å². The average Bonchev–Trinajstić information content (AvgIpc) is 3.01. The van der Waals surface area contributed by atoms with Gasteiger partial charge in [0.15, 0.2) is 5.82 Å². The number of aromatic nitrogens is 3. The molecule has 6 heteroatoms. The number of hydrogen-bond donors (Lipinski definition) is 1. The third-order valence-electron chi connectivity index (χ3n) is 2.75. The van der Waals surface area contributed by atoms with Gasteiger partial charge in [-0.2, -0.15) is 4.98 Å². The summed E-state index contributed by atoms with van der Waals surface area (Å²) in [6.45, 7) is 2.04. The minimum Gasteiger partial charge on any atom is -0.333 e. The van der Waals surface area contributed by atoms with Crippen LogP contribution in [0.5, 0.6) is 0 Å². The molecule has 1 atom stereocenters. The zero-order valence-corrected chi connectivity index (χ0v) is 9.54. The minimum absolute atomic E-state index is 0.388. The summed E-state index contributed by atoms with van der Waals surface area (Å²) in [5, 5.41) is 7.39. The number of rotatable bonds is 2. The van der Waals surface area contributed by atoms with Gasteiger partial charge in [0.25, 0.3) is 5.89 Å². The van der Waals surface area contributed by atoms with Crippen molar-refractivity contribution in [2.45, 2.75) is 18.8 Å². The van der Waals surface area contributed by atoms with Crippen LogP contribution in [0.15, 0.2) is 16.2 Å². The highest BCUT2D eigenvalue weighted by molar-refractivity contribution is 7.13. The largest absolute Gasteiger partial charge is 0.333 e. The summed E-state index contributed by atoms with van der Waals surface area (Å²) in [5.41, 5.74) is 1.77. The highest BCUT2D eigenvalue weighted by Gasteiger charge is 2.21. The molecule has 0 spiro atoms. The number of hydrogen-bond acceptors (Lipinski definition) is 6. The number of nitrogens with one attached hydrogen (secondary N) is 1. The quantitative estimate of drug-likeness (QED) is 0.859. The van der Waals surface area contributed by atoms with Crippen molar-refractivity contribution in [2.24, 2.45) is 0 Å². The molecule has 0 aromatic carbocycles. The Morgan fingerprint density at radius 1 is 1.50 bits per heavy atom. The molecule has 2 aromatic rings. The van der Waals surface area contributed by atoms with Crippen LogP contribution >= 0.6 is 11.3 Å². The lowest BCUT2D eigenvalue weighted by Gasteiger charge is -2.19. The van der Waals surface area contributed by atoms with Crippen molar-refractivity contribution in [3.63, 3.8) is 0 Å². The van der Waals surface area contributed by atoms with E-state index < -0.39 is 0 Å². The van der Waals surface area contributed by atoms with Crippen molar-refractivity contribution >= 4 is 11.3 Å². The van der Waals surface area contributed by atoms with Crippen LogP contribution in [0, 0.1) is 0 Å². The SMILES string of the molecule is c1ncc(-c2nc(C3CCCNC3)no2)s1. The Morgan fingerprint density at radius 2 is 2.50 bits per heavy atom. The summed E-state index contributed by atoms with van der Waals surface area (Å²) in [4.78, 5) is 9.36. The van der Waals surface area contributed by atoms with Crippen LogP contribution in [0.1, 0.15) is 24.6 Å². The molecule has 2 aromatic heterocycles. The fraction of sp³-hybridized carbons (Fsp3) is 0.500. The van der Waals surface area contributed by atoms with Crippen molar-refractivity contribution in [2.75, 3.05) is 13.1 Å². The summed E-state index contributed by atoms with van der Waals surface area (Å²) in [7, 11) is 0. The first-order valence-electron chi connectivity index (χ1n) is 5.36. The van der Waals surface area contributed by atoms with Gasteiger partial charge in [0.05, 0.1) is 11.7 Å². The van der Waals surface area contributed by atoms with Gasteiger partial charge in [-0.15, -0.1) is 11.3 Å². The molecule has 1 unspecified atom stereocenters. The van der Waals surface area contributed by atoms with Crippen molar-refractivity contribution in [3.8, 4) is 10.8 Å². The first-order valence-corrected chi connectivity index (χ1v) is 6.24. The van der Waals surface area contributed by atoms with E-state index in [1.54, 1.807) is 11.7 Å². The Balaban J connectivity index is 1.82. The van der Waals surface area contributed by atoms with Crippen molar-refractivity contribution < 1.29 is 4.52 Å². The molecule has 0 aliphatic carbocycles. The molecule has 5 nitrogen and oxygen atoms in total. The standard InChI is InChI=1S/C10H12N4OS/c1-2-7(4-11-3-1)9-13-10(15-14-9)8-5-12-6-16-8/h5-7,11H,1-4H2. The van der Waals surface area contributed by atoms with Gasteiger partial charge in [-0.3, -0.25) is 4.98 Å². The summed E-state index contributed by atoms with van der Waals surface area (Å²) in [6.07, 6.45) is 4.06. The molecular formula is C10H12N4OS. The van der Waals surface area contributed by atoms with Crippen LogP contribution in [0.2, 0.25) is 0 Å². The maximum Gasteiger partial charge on any atom is 0.269 e. The van der Waals surface area contributed by atoms with Gasteiger partial charge in [-0.05, 0) is 19.4 Å². The van der Waals surface area contributed by atoms with Gasteiger partial charge >= 0.3 is 0 Å². The first-order chi connectivity index (χ1) is 7.93. The molecule has 0 saturated carbocycles. The topological polar surface area (TPSA) is 63.8 Å². The normalized spacial score (nSPS) is 21.1. The van der Waals surface area contributed by atoms with Crippen LogP contribution in [-0.4, -0.2) is 28.2 Å². The van der Waals surface area contributed by atoms with E-state index in [9.17, 15) is 0 Å². The molecule has 0 bridgehead atoms. The minimum atomic E-state index is 0.388. The van der Waals surface area contributed by atoms with Crippen LogP contribution in [0.3, 0.4) is 0 Å². The lowest BCUT2D eigenvalue weighted by molar-refractivity contribution is 0.393. The monoisotopic (exact) mass is 236 g/mol. The van der Waals surface area contributed by atoms with Crippen LogP contribution in [-0.2, 0) is 0 Å². The Kier molecular flexibility index (Phi) is 2.67. The second-order valence-electron chi connectivity index (χ2n) is 3.87. The van der Waals surface area contributed by atoms with Crippen LogP contribution in [0.4, 0.5) is 0 Å². The third kappa shape index (κ3) is 1.85. The molecule has 3 rings (SSSR count). The van der Waals surface area contributed by atoms with Gasteiger partial charge in [0.1, 0.15) is 4.88 Å². The predicted molar refractivity (Wildman–Crippen MR) is 60.3 cm³/mol. The second-order valence-corrected chi connectivity index (χ2v) is 4.75. The fourth-order valence-corrected chi connectivity index (χ4v) is 2.44. The summed E-state index contributed by atoms with van der Waals surface area (Å²) in [6, 6.07) is 0. The van der Waals surface area contributed by atoms with E-state index in [1.807, 2.05) is 0 Å². The fourth-order valence-electron chi connectivity index (χ4n) is 1.89. The first kappa shape index (κ1) is 9.92. The maximum atomic E-state index is 5.24. The Bertz CT molecular complexity index is 447. The van der Waals surface area contributed by atoms with Crippen LogP contribution in [0.25, 0.3) is 10.8 Å². The molecule has 1 aliphatic heterocycles. The third-order valence-corrected chi connectivity index (χ3v) is 3.51. The van der Waals surface area contributed by atoms with E-state index in [-0.39, 0.29) is 0 Å². The maximum absolute atomic E-state index is 5.24. The molecule has 3 heterocycles. The highest BCUT2D eigenvalue weighted by Crippen LogP contribution is 2.25. The molecule has 84 valence electrons. The number of nitrogens with zero attached hydrogens (tertiary/aromatic N) is 3. The Morgan fingerprint density at radius 3 is 3.25 bits per heavy atom. The zero-order valence-electron chi connectivity index (χ0n) is 8.72. The molecule has 1 fully saturated rings. The molecule has 1 N–H and O–H groups in total. The van der Waals surface area contributed by atoms with E-state index in [2.05, 4.69) is 20.4 Å². The highest BCUT2D eigenvalue weighted by atomic mass is 32.1. The van der Waals surface area contributed by atoms with Gasteiger partial charge < -0.3 is 9.84 Å². The second kappa shape index (κ2) is 4.31.